The van der Waals surface area contributed by atoms with E-state index in [4.69, 9.17) is 9.47 Å². The first-order valence-electron chi connectivity index (χ1n) is 7.23. The zero-order chi connectivity index (χ0) is 15.2. The third-order valence-corrected chi connectivity index (χ3v) is 3.84. The molecule has 1 aromatic rings. The minimum atomic E-state index is -0.267. The molecular weight excluding hydrogens is 273 g/mol. The molecule has 2 rings (SSSR count). The summed E-state index contributed by atoms with van der Waals surface area (Å²) in [7, 11) is 5.03. The predicted molar refractivity (Wildman–Crippen MR) is 82.1 cm³/mol. The molecule has 1 N–H and O–H groups in total. The van der Waals surface area contributed by atoms with Crippen LogP contribution in [-0.2, 0) is 0 Å². The zero-order valence-corrected chi connectivity index (χ0v) is 13.0. The highest BCUT2D eigenvalue weighted by molar-refractivity contribution is 5.57. The summed E-state index contributed by atoms with van der Waals surface area (Å²) in [6.07, 6.45) is 0. The lowest BCUT2D eigenvalue weighted by Crippen LogP contribution is -2.48. The van der Waals surface area contributed by atoms with Gasteiger partial charge in [0.05, 0.1) is 19.9 Å². The van der Waals surface area contributed by atoms with E-state index >= 15 is 0 Å². The van der Waals surface area contributed by atoms with Gasteiger partial charge in [0.25, 0.3) is 0 Å². The molecule has 118 valence electrons. The molecule has 0 radical (unpaired) electrons. The average Bonchev–Trinajstić information content (AvgIpc) is 2.53. The number of rotatable bonds is 6. The van der Waals surface area contributed by atoms with Crippen LogP contribution in [0.25, 0.3) is 0 Å². The Labute approximate surface area is 125 Å². The van der Waals surface area contributed by atoms with Gasteiger partial charge < -0.3 is 19.7 Å². The molecule has 1 fully saturated rings. The topological polar surface area (TPSA) is 37.0 Å². The lowest BCUT2D eigenvalue weighted by Gasteiger charge is -2.36. The summed E-state index contributed by atoms with van der Waals surface area (Å²) < 4.78 is 24.6. The Hall–Kier alpha value is -1.53. The number of methoxy groups -OCH3 is 2. The van der Waals surface area contributed by atoms with Gasteiger partial charge in [0.2, 0.25) is 0 Å². The molecule has 5 nitrogen and oxygen atoms in total. The summed E-state index contributed by atoms with van der Waals surface area (Å²) in [6.45, 7) is 5.51. The lowest BCUT2D eigenvalue weighted by molar-refractivity contribution is 0.259. The van der Waals surface area contributed by atoms with E-state index in [1.54, 1.807) is 13.2 Å². The summed E-state index contributed by atoms with van der Waals surface area (Å²) in [5.41, 5.74) is 0.584. The van der Waals surface area contributed by atoms with Crippen molar-refractivity contribution in [2.24, 2.45) is 0 Å². The minimum absolute atomic E-state index is 0.267. The number of nitrogens with one attached hydrogen (secondary N) is 1. The van der Waals surface area contributed by atoms with E-state index in [0.717, 1.165) is 39.3 Å². The number of piperazine rings is 1. The number of hydrogen-bond acceptors (Lipinski definition) is 5. The largest absolute Gasteiger partial charge is 0.493 e. The van der Waals surface area contributed by atoms with Gasteiger partial charge in [-0.3, -0.25) is 4.90 Å². The van der Waals surface area contributed by atoms with Crippen LogP contribution in [0.5, 0.6) is 11.5 Å². The minimum Gasteiger partial charge on any atom is -0.493 e. The van der Waals surface area contributed by atoms with Crippen molar-refractivity contribution >= 4 is 5.69 Å². The fourth-order valence-corrected chi connectivity index (χ4v) is 2.57. The standard InChI is InChI=1S/C15H24FN3O2/c1-17-4-5-18-6-8-19(9-7-18)13-11-15(21-3)14(20-2)10-12(13)16/h10-11,17H,4-9H2,1-3H3. The molecule has 0 aromatic heterocycles. The third-order valence-electron chi connectivity index (χ3n) is 3.84. The van der Waals surface area contributed by atoms with Gasteiger partial charge in [0.1, 0.15) is 5.82 Å². The van der Waals surface area contributed by atoms with Crippen molar-refractivity contribution in [3.05, 3.63) is 17.9 Å². The fraction of sp³-hybridized carbons (Fsp3) is 0.600. The number of likely N-dealkylation sites (N-methyl/N-ethyl adjacent to an activating group) is 1. The van der Waals surface area contributed by atoms with Gasteiger partial charge in [-0.2, -0.15) is 0 Å². The molecule has 0 spiro atoms. The summed E-state index contributed by atoms with van der Waals surface area (Å²) in [5, 5.41) is 3.15. The normalized spacial score (nSPS) is 16.1. The SMILES string of the molecule is CNCCN1CCN(c2cc(OC)c(OC)cc2F)CC1. The molecule has 1 aliphatic rings. The van der Waals surface area contributed by atoms with E-state index in [1.807, 2.05) is 7.05 Å². The average molecular weight is 297 g/mol. The maximum atomic E-state index is 14.2. The van der Waals surface area contributed by atoms with Crippen molar-refractivity contribution in [2.75, 3.05) is 65.4 Å². The molecule has 21 heavy (non-hydrogen) atoms. The van der Waals surface area contributed by atoms with Crippen molar-refractivity contribution in [3.8, 4) is 11.5 Å². The number of hydrogen-bond donors (Lipinski definition) is 1. The van der Waals surface area contributed by atoms with Gasteiger partial charge in [0, 0.05) is 51.4 Å². The molecule has 0 amide bonds. The molecule has 1 aromatic carbocycles. The number of halogens is 1. The van der Waals surface area contributed by atoms with Crippen LogP contribution in [0.1, 0.15) is 0 Å². The van der Waals surface area contributed by atoms with Crippen molar-refractivity contribution in [1.82, 2.24) is 10.2 Å². The first kappa shape index (κ1) is 15.9. The molecule has 0 saturated carbocycles. The van der Waals surface area contributed by atoms with Crippen LogP contribution in [0.4, 0.5) is 10.1 Å². The van der Waals surface area contributed by atoms with Gasteiger partial charge >= 0.3 is 0 Å². The van der Waals surface area contributed by atoms with Gasteiger partial charge in [-0.05, 0) is 7.05 Å². The third kappa shape index (κ3) is 3.77. The van der Waals surface area contributed by atoms with Crippen LogP contribution < -0.4 is 19.7 Å². The predicted octanol–water partition coefficient (Wildman–Crippen LogP) is 1.18. The molecule has 6 heteroatoms. The summed E-state index contributed by atoms with van der Waals surface area (Å²) in [5.74, 6) is 0.717. The molecule has 0 unspecified atom stereocenters. The van der Waals surface area contributed by atoms with Crippen LogP contribution in [0.15, 0.2) is 12.1 Å². The molecule has 1 aliphatic heterocycles. The Morgan fingerprint density at radius 1 is 1.10 bits per heavy atom. The Kier molecular flexibility index (Phi) is 5.64. The summed E-state index contributed by atoms with van der Waals surface area (Å²) >= 11 is 0. The van der Waals surface area contributed by atoms with E-state index in [2.05, 4.69) is 15.1 Å². The highest BCUT2D eigenvalue weighted by atomic mass is 19.1. The molecule has 1 heterocycles. The Bertz CT molecular complexity index is 462. The van der Waals surface area contributed by atoms with E-state index < -0.39 is 0 Å². The molecule has 0 aliphatic carbocycles. The molecular formula is C15H24FN3O2. The van der Waals surface area contributed by atoms with Crippen molar-refractivity contribution < 1.29 is 13.9 Å². The number of benzene rings is 1. The molecule has 1 saturated heterocycles. The summed E-state index contributed by atoms with van der Waals surface area (Å²) in [6, 6.07) is 3.11. The van der Waals surface area contributed by atoms with Crippen molar-refractivity contribution in [2.45, 2.75) is 0 Å². The van der Waals surface area contributed by atoms with E-state index in [9.17, 15) is 4.39 Å². The highest BCUT2D eigenvalue weighted by Crippen LogP contribution is 2.34. The lowest BCUT2D eigenvalue weighted by atomic mass is 10.2. The van der Waals surface area contributed by atoms with Crippen LogP contribution in [0, 0.1) is 5.82 Å². The van der Waals surface area contributed by atoms with Gasteiger partial charge in [-0.25, -0.2) is 4.39 Å². The van der Waals surface area contributed by atoms with E-state index in [1.165, 1.54) is 13.2 Å². The second-order valence-electron chi connectivity index (χ2n) is 5.09. The van der Waals surface area contributed by atoms with Gasteiger partial charge in [-0.1, -0.05) is 0 Å². The molecule has 0 atom stereocenters. The van der Waals surface area contributed by atoms with Crippen LogP contribution in [0.3, 0.4) is 0 Å². The first-order valence-corrected chi connectivity index (χ1v) is 7.23. The van der Waals surface area contributed by atoms with Crippen LogP contribution in [0.2, 0.25) is 0 Å². The summed E-state index contributed by atoms with van der Waals surface area (Å²) in [4.78, 5) is 4.44. The van der Waals surface area contributed by atoms with Crippen molar-refractivity contribution in [3.63, 3.8) is 0 Å². The number of anilines is 1. The smallest absolute Gasteiger partial charge is 0.163 e. The second kappa shape index (κ2) is 7.47. The highest BCUT2D eigenvalue weighted by Gasteiger charge is 2.21. The van der Waals surface area contributed by atoms with Crippen LogP contribution in [-0.4, -0.2) is 65.4 Å². The Morgan fingerprint density at radius 2 is 1.71 bits per heavy atom. The van der Waals surface area contributed by atoms with E-state index in [-0.39, 0.29) is 5.82 Å². The van der Waals surface area contributed by atoms with Gasteiger partial charge in [0.15, 0.2) is 11.5 Å². The quantitative estimate of drug-likeness (QED) is 0.853. The molecule has 0 bridgehead atoms. The maximum Gasteiger partial charge on any atom is 0.163 e. The van der Waals surface area contributed by atoms with Gasteiger partial charge in [-0.15, -0.1) is 0 Å². The fourth-order valence-electron chi connectivity index (χ4n) is 2.57. The van der Waals surface area contributed by atoms with Crippen LogP contribution >= 0.6 is 0 Å². The Balaban J connectivity index is 2.06. The number of ether oxygens (including phenoxy) is 2. The van der Waals surface area contributed by atoms with Crippen molar-refractivity contribution in [1.29, 1.82) is 0 Å². The number of nitrogens with zero attached hydrogens (tertiary/aromatic N) is 2. The second-order valence-corrected chi connectivity index (χ2v) is 5.09. The maximum absolute atomic E-state index is 14.2. The zero-order valence-electron chi connectivity index (χ0n) is 13.0. The monoisotopic (exact) mass is 297 g/mol. The van der Waals surface area contributed by atoms with E-state index in [0.29, 0.717) is 17.2 Å². The Morgan fingerprint density at radius 3 is 2.29 bits per heavy atom. The first-order chi connectivity index (χ1) is 10.2.